The Morgan fingerprint density at radius 2 is 1.94 bits per heavy atom. The van der Waals surface area contributed by atoms with Gasteiger partial charge in [0.25, 0.3) is 0 Å². The Kier molecular flexibility index (Phi) is 5.92. The summed E-state index contributed by atoms with van der Waals surface area (Å²) in [6.07, 6.45) is -1.85. The summed E-state index contributed by atoms with van der Waals surface area (Å²) in [6.45, 7) is 5.85. The molecule has 0 aromatic rings. The molecule has 0 amide bonds. The van der Waals surface area contributed by atoms with E-state index >= 15 is 0 Å². The van der Waals surface area contributed by atoms with E-state index in [1.807, 2.05) is 6.92 Å². The van der Waals surface area contributed by atoms with Crippen LogP contribution in [0, 0.1) is 11.8 Å². The van der Waals surface area contributed by atoms with Gasteiger partial charge >= 0.3 is 6.18 Å². The Morgan fingerprint density at radius 1 is 1.28 bits per heavy atom. The zero-order valence-electron chi connectivity index (χ0n) is 11.4. The summed E-state index contributed by atoms with van der Waals surface area (Å²) in [7, 11) is 0. The molecule has 1 aliphatic carbocycles. The molecule has 0 saturated heterocycles. The minimum atomic E-state index is -4.23. The molecule has 1 fully saturated rings. The van der Waals surface area contributed by atoms with Crippen molar-refractivity contribution in [1.82, 2.24) is 5.32 Å². The van der Waals surface area contributed by atoms with Crippen LogP contribution in [-0.4, -0.2) is 31.5 Å². The number of hydrogen-bond donors (Lipinski definition) is 1. The van der Waals surface area contributed by atoms with Crippen molar-refractivity contribution >= 4 is 0 Å². The minimum Gasteiger partial charge on any atom is -0.367 e. The Morgan fingerprint density at radius 3 is 2.44 bits per heavy atom. The molecule has 0 heterocycles. The molecule has 0 aromatic heterocycles. The Bertz CT molecular complexity index is 243. The highest BCUT2D eigenvalue weighted by Gasteiger charge is 2.35. The van der Waals surface area contributed by atoms with Crippen LogP contribution in [0.5, 0.6) is 0 Å². The SMILES string of the molecule is CCNC1CCC(C(C)C)CC1OCC(F)(F)F. The van der Waals surface area contributed by atoms with Crippen LogP contribution < -0.4 is 5.32 Å². The molecular weight excluding hydrogens is 243 g/mol. The maximum absolute atomic E-state index is 12.2. The van der Waals surface area contributed by atoms with Crippen LogP contribution in [0.4, 0.5) is 13.2 Å². The van der Waals surface area contributed by atoms with Gasteiger partial charge in [0.15, 0.2) is 0 Å². The smallest absolute Gasteiger partial charge is 0.367 e. The van der Waals surface area contributed by atoms with Gasteiger partial charge in [-0.1, -0.05) is 20.8 Å². The lowest BCUT2D eigenvalue weighted by molar-refractivity contribution is -0.192. The molecule has 2 nitrogen and oxygen atoms in total. The van der Waals surface area contributed by atoms with Gasteiger partial charge in [-0.2, -0.15) is 13.2 Å². The van der Waals surface area contributed by atoms with E-state index in [-0.39, 0.29) is 12.1 Å². The van der Waals surface area contributed by atoms with Crippen molar-refractivity contribution in [2.75, 3.05) is 13.2 Å². The first-order chi connectivity index (χ1) is 8.33. The van der Waals surface area contributed by atoms with Crippen molar-refractivity contribution in [2.45, 2.75) is 58.4 Å². The highest BCUT2D eigenvalue weighted by molar-refractivity contribution is 4.86. The number of rotatable bonds is 5. The molecule has 0 bridgehead atoms. The van der Waals surface area contributed by atoms with E-state index < -0.39 is 12.8 Å². The molecule has 3 unspecified atom stereocenters. The number of alkyl halides is 3. The van der Waals surface area contributed by atoms with Crippen LogP contribution in [-0.2, 0) is 4.74 Å². The fourth-order valence-electron chi connectivity index (χ4n) is 2.65. The van der Waals surface area contributed by atoms with E-state index in [1.165, 1.54) is 0 Å². The molecule has 0 aromatic carbocycles. The van der Waals surface area contributed by atoms with Crippen LogP contribution in [0.15, 0.2) is 0 Å². The van der Waals surface area contributed by atoms with Gasteiger partial charge in [0.1, 0.15) is 6.61 Å². The molecule has 1 aliphatic rings. The second-order valence-electron chi connectivity index (χ2n) is 5.45. The fraction of sp³-hybridized carbons (Fsp3) is 1.00. The third-order valence-electron chi connectivity index (χ3n) is 3.70. The van der Waals surface area contributed by atoms with Gasteiger partial charge < -0.3 is 10.1 Å². The lowest BCUT2D eigenvalue weighted by atomic mass is 9.78. The van der Waals surface area contributed by atoms with Crippen LogP contribution in [0.3, 0.4) is 0 Å². The summed E-state index contributed by atoms with van der Waals surface area (Å²) in [5.41, 5.74) is 0. The quantitative estimate of drug-likeness (QED) is 0.824. The summed E-state index contributed by atoms with van der Waals surface area (Å²) in [4.78, 5) is 0. The van der Waals surface area contributed by atoms with Gasteiger partial charge in [-0.05, 0) is 37.6 Å². The lowest BCUT2D eigenvalue weighted by Crippen LogP contribution is -2.47. The van der Waals surface area contributed by atoms with E-state index in [9.17, 15) is 13.2 Å². The molecule has 0 spiro atoms. The molecule has 0 aliphatic heterocycles. The first kappa shape index (κ1) is 15.8. The normalized spacial score (nSPS) is 29.8. The number of ether oxygens (including phenoxy) is 1. The molecule has 1 rings (SSSR count). The van der Waals surface area contributed by atoms with Gasteiger partial charge in [0, 0.05) is 6.04 Å². The first-order valence-electron chi connectivity index (χ1n) is 6.75. The molecule has 1 N–H and O–H groups in total. The molecule has 5 heteroatoms. The van der Waals surface area contributed by atoms with Gasteiger partial charge in [0.2, 0.25) is 0 Å². The average molecular weight is 267 g/mol. The van der Waals surface area contributed by atoms with Crippen LogP contribution >= 0.6 is 0 Å². The molecule has 18 heavy (non-hydrogen) atoms. The van der Waals surface area contributed by atoms with Gasteiger partial charge in [0.05, 0.1) is 6.10 Å². The Labute approximate surface area is 107 Å². The summed E-state index contributed by atoms with van der Waals surface area (Å²) in [6, 6.07) is 0.0624. The van der Waals surface area contributed by atoms with Gasteiger partial charge in [-0.15, -0.1) is 0 Å². The summed E-state index contributed by atoms with van der Waals surface area (Å²) in [5, 5.41) is 3.24. The number of likely N-dealkylation sites (N-methyl/N-ethyl adjacent to an activating group) is 1. The first-order valence-corrected chi connectivity index (χ1v) is 6.75. The fourth-order valence-corrected chi connectivity index (χ4v) is 2.65. The van der Waals surface area contributed by atoms with E-state index in [1.54, 1.807) is 0 Å². The highest BCUT2D eigenvalue weighted by atomic mass is 19.4. The molecule has 0 radical (unpaired) electrons. The van der Waals surface area contributed by atoms with Crippen molar-refractivity contribution < 1.29 is 17.9 Å². The Balaban J connectivity index is 2.54. The van der Waals surface area contributed by atoms with Crippen molar-refractivity contribution in [1.29, 1.82) is 0 Å². The number of hydrogen-bond acceptors (Lipinski definition) is 2. The number of halogens is 3. The predicted molar refractivity (Wildman–Crippen MR) is 65.4 cm³/mol. The maximum atomic E-state index is 12.2. The minimum absolute atomic E-state index is 0.0624. The van der Waals surface area contributed by atoms with Gasteiger partial charge in [-0.25, -0.2) is 0 Å². The van der Waals surface area contributed by atoms with Crippen molar-refractivity contribution in [2.24, 2.45) is 11.8 Å². The van der Waals surface area contributed by atoms with Crippen molar-refractivity contribution in [3.8, 4) is 0 Å². The van der Waals surface area contributed by atoms with Crippen LogP contribution in [0.1, 0.15) is 40.0 Å². The maximum Gasteiger partial charge on any atom is 0.411 e. The van der Waals surface area contributed by atoms with Crippen molar-refractivity contribution in [3.05, 3.63) is 0 Å². The molecule has 1 saturated carbocycles. The van der Waals surface area contributed by atoms with E-state index in [4.69, 9.17) is 4.74 Å². The van der Waals surface area contributed by atoms with Gasteiger partial charge in [-0.3, -0.25) is 0 Å². The van der Waals surface area contributed by atoms with E-state index in [0.717, 1.165) is 25.8 Å². The second kappa shape index (κ2) is 6.75. The Hall–Kier alpha value is -0.290. The monoisotopic (exact) mass is 267 g/mol. The third-order valence-corrected chi connectivity index (χ3v) is 3.70. The lowest BCUT2D eigenvalue weighted by Gasteiger charge is -2.38. The summed E-state index contributed by atoms with van der Waals surface area (Å²) in [5.74, 6) is 0.975. The third kappa shape index (κ3) is 5.14. The zero-order valence-corrected chi connectivity index (χ0v) is 11.4. The molecule has 108 valence electrons. The second-order valence-corrected chi connectivity index (χ2v) is 5.45. The topological polar surface area (TPSA) is 21.3 Å². The zero-order chi connectivity index (χ0) is 13.8. The van der Waals surface area contributed by atoms with E-state index in [2.05, 4.69) is 19.2 Å². The largest absolute Gasteiger partial charge is 0.411 e. The van der Waals surface area contributed by atoms with Crippen LogP contribution in [0.25, 0.3) is 0 Å². The standard InChI is InChI=1S/C13H24F3NO/c1-4-17-11-6-5-10(9(2)3)7-12(11)18-8-13(14,15)16/h9-12,17H,4-8H2,1-3H3. The highest BCUT2D eigenvalue weighted by Crippen LogP contribution is 2.32. The predicted octanol–water partition coefficient (Wildman–Crippen LogP) is 3.37. The van der Waals surface area contributed by atoms with E-state index in [0.29, 0.717) is 11.8 Å². The summed E-state index contributed by atoms with van der Waals surface area (Å²) >= 11 is 0. The molecule has 3 atom stereocenters. The van der Waals surface area contributed by atoms with Crippen molar-refractivity contribution in [3.63, 3.8) is 0 Å². The molecular formula is C13H24F3NO. The summed E-state index contributed by atoms with van der Waals surface area (Å²) < 4.78 is 41.8. The number of nitrogens with one attached hydrogen (secondary N) is 1. The average Bonchev–Trinajstić information content (AvgIpc) is 2.26. The van der Waals surface area contributed by atoms with Crippen LogP contribution in [0.2, 0.25) is 0 Å².